The van der Waals surface area contributed by atoms with Gasteiger partial charge in [-0.15, -0.1) is 0 Å². The van der Waals surface area contributed by atoms with E-state index in [1.165, 1.54) is 32.9 Å². The fraction of sp³-hybridized carbons (Fsp3) is 0.263. The maximum absolute atomic E-state index is 5.84. The number of benzene rings is 2. The predicted octanol–water partition coefficient (Wildman–Crippen LogP) is 4.83. The first-order valence-electron chi connectivity index (χ1n) is 7.59. The molecule has 2 nitrogen and oxygen atoms in total. The van der Waals surface area contributed by atoms with Crippen molar-refractivity contribution in [1.82, 2.24) is 4.57 Å². The first-order chi connectivity index (χ1) is 10.3. The Morgan fingerprint density at radius 2 is 1.95 bits per heavy atom. The van der Waals surface area contributed by atoms with Crippen LogP contribution >= 0.6 is 0 Å². The van der Waals surface area contributed by atoms with E-state index in [-0.39, 0.29) is 6.10 Å². The lowest BCUT2D eigenvalue weighted by molar-refractivity contribution is 0.125. The van der Waals surface area contributed by atoms with Crippen LogP contribution in [-0.4, -0.2) is 11.2 Å². The summed E-state index contributed by atoms with van der Waals surface area (Å²) in [6.45, 7) is 8.11. The van der Waals surface area contributed by atoms with E-state index in [0.717, 1.165) is 19.6 Å². The Hall–Kier alpha value is -2.06. The highest BCUT2D eigenvalue weighted by molar-refractivity contribution is 6.08. The maximum Gasteiger partial charge on any atom is 0.103 e. The molecule has 1 aliphatic heterocycles. The fourth-order valence-electron chi connectivity index (χ4n) is 3.46. The molecule has 0 N–H and O–H groups in total. The van der Waals surface area contributed by atoms with Gasteiger partial charge in [0.2, 0.25) is 0 Å². The predicted molar refractivity (Wildman–Crippen MR) is 87.6 cm³/mol. The number of ether oxygens (including phenoxy) is 1. The molecule has 2 heteroatoms. The summed E-state index contributed by atoms with van der Waals surface area (Å²) in [7, 11) is 0. The zero-order valence-corrected chi connectivity index (χ0v) is 12.3. The number of hydrogen-bond donors (Lipinski definition) is 0. The summed E-state index contributed by atoms with van der Waals surface area (Å²) in [6.07, 6.45) is 1.04. The Morgan fingerprint density at radius 1 is 1.14 bits per heavy atom. The van der Waals surface area contributed by atoms with Gasteiger partial charge in [-0.1, -0.05) is 30.8 Å². The van der Waals surface area contributed by atoms with Crippen LogP contribution in [-0.2, 0) is 11.3 Å². The van der Waals surface area contributed by atoms with E-state index in [2.05, 4.69) is 60.5 Å². The second-order valence-electron chi connectivity index (χ2n) is 5.70. The summed E-state index contributed by atoms with van der Waals surface area (Å²) in [6, 6.07) is 15.3. The van der Waals surface area contributed by atoms with Crippen LogP contribution in [0.3, 0.4) is 0 Å². The molecular weight excluding hydrogens is 258 g/mol. The molecule has 1 unspecified atom stereocenters. The lowest BCUT2D eigenvalue weighted by Crippen LogP contribution is -1.98. The van der Waals surface area contributed by atoms with Crippen molar-refractivity contribution in [2.24, 2.45) is 0 Å². The molecule has 2 heterocycles. The monoisotopic (exact) mass is 277 g/mol. The van der Waals surface area contributed by atoms with E-state index in [1.807, 2.05) is 0 Å². The minimum Gasteiger partial charge on any atom is -0.369 e. The van der Waals surface area contributed by atoms with E-state index in [1.54, 1.807) is 0 Å². The molecule has 106 valence electrons. The highest BCUT2D eigenvalue weighted by atomic mass is 16.5. The van der Waals surface area contributed by atoms with Gasteiger partial charge in [0.05, 0.1) is 6.61 Å². The maximum atomic E-state index is 5.84. The van der Waals surface area contributed by atoms with Gasteiger partial charge >= 0.3 is 0 Å². The van der Waals surface area contributed by atoms with Gasteiger partial charge in [0, 0.05) is 28.4 Å². The van der Waals surface area contributed by atoms with Gasteiger partial charge in [-0.2, -0.15) is 0 Å². The van der Waals surface area contributed by atoms with E-state index < -0.39 is 0 Å². The van der Waals surface area contributed by atoms with E-state index in [9.17, 15) is 0 Å². The molecule has 0 bridgehead atoms. The number of nitrogens with zero attached hydrogens (tertiary/aromatic N) is 1. The topological polar surface area (TPSA) is 14.2 Å². The Labute approximate surface area is 124 Å². The van der Waals surface area contributed by atoms with Crippen LogP contribution in [0.25, 0.3) is 21.8 Å². The normalized spacial score (nSPS) is 18.9. The summed E-state index contributed by atoms with van der Waals surface area (Å²) < 4.78 is 8.21. The molecule has 1 saturated heterocycles. The van der Waals surface area contributed by atoms with Crippen molar-refractivity contribution in [3.63, 3.8) is 0 Å². The largest absolute Gasteiger partial charge is 0.369 e. The average Bonchev–Trinajstić information content (AvgIpc) is 3.08. The van der Waals surface area contributed by atoms with E-state index >= 15 is 0 Å². The number of rotatable bonds is 2. The molecule has 3 aromatic rings. The van der Waals surface area contributed by atoms with Crippen LogP contribution in [0, 0.1) is 0 Å². The van der Waals surface area contributed by atoms with Crippen LogP contribution in [0.1, 0.15) is 25.0 Å². The Balaban J connectivity index is 1.99. The average molecular weight is 277 g/mol. The number of aromatic nitrogens is 1. The highest BCUT2D eigenvalue weighted by Gasteiger charge is 2.22. The molecular formula is C19H19NO. The SMILES string of the molecule is C=C1CCOC1c1ccc2c(c1)c1ccccc1n2CC. The standard InChI is InChI=1S/C19H19NO/c1-3-20-17-7-5-4-6-15(17)16-12-14(8-9-18(16)20)19-13(2)10-11-21-19/h4-9,12,19H,2-3,10-11H2,1H3. The van der Waals surface area contributed by atoms with Crippen molar-refractivity contribution in [1.29, 1.82) is 0 Å². The van der Waals surface area contributed by atoms with Crippen molar-refractivity contribution < 1.29 is 4.74 Å². The summed E-state index contributed by atoms with van der Waals surface area (Å²) in [5.41, 5.74) is 5.02. The van der Waals surface area contributed by atoms with Crippen LogP contribution in [0.4, 0.5) is 0 Å². The van der Waals surface area contributed by atoms with Crippen LogP contribution in [0.15, 0.2) is 54.6 Å². The van der Waals surface area contributed by atoms with Gasteiger partial charge in [0.25, 0.3) is 0 Å². The first-order valence-corrected chi connectivity index (χ1v) is 7.59. The molecule has 1 atom stereocenters. The fourth-order valence-corrected chi connectivity index (χ4v) is 3.46. The molecule has 0 saturated carbocycles. The van der Waals surface area contributed by atoms with Gasteiger partial charge in [0.1, 0.15) is 6.10 Å². The second kappa shape index (κ2) is 4.74. The molecule has 0 amide bonds. The second-order valence-corrected chi connectivity index (χ2v) is 5.70. The summed E-state index contributed by atoms with van der Waals surface area (Å²) >= 11 is 0. The molecule has 1 aliphatic rings. The molecule has 21 heavy (non-hydrogen) atoms. The third-order valence-corrected chi connectivity index (χ3v) is 4.49. The Bertz CT molecular complexity index is 843. The number of aryl methyl sites for hydroxylation is 1. The molecule has 0 radical (unpaired) electrons. The van der Waals surface area contributed by atoms with Crippen molar-refractivity contribution in [2.75, 3.05) is 6.61 Å². The van der Waals surface area contributed by atoms with Crippen molar-refractivity contribution in [2.45, 2.75) is 26.0 Å². The molecule has 1 aromatic heterocycles. The van der Waals surface area contributed by atoms with Crippen molar-refractivity contribution >= 4 is 21.8 Å². The molecule has 1 fully saturated rings. The lowest BCUT2D eigenvalue weighted by atomic mass is 10.0. The van der Waals surface area contributed by atoms with Crippen molar-refractivity contribution in [3.05, 3.63) is 60.2 Å². The molecule has 0 spiro atoms. The third kappa shape index (κ3) is 1.83. The third-order valence-electron chi connectivity index (χ3n) is 4.49. The van der Waals surface area contributed by atoms with Crippen LogP contribution in [0.5, 0.6) is 0 Å². The minimum atomic E-state index is 0.0677. The summed E-state index contributed by atoms with van der Waals surface area (Å²) in [5.74, 6) is 0. The number of hydrogen-bond acceptors (Lipinski definition) is 1. The summed E-state index contributed by atoms with van der Waals surface area (Å²) in [5, 5.41) is 2.63. The van der Waals surface area contributed by atoms with Crippen LogP contribution < -0.4 is 0 Å². The van der Waals surface area contributed by atoms with Crippen molar-refractivity contribution in [3.8, 4) is 0 Å². The zero-order chi connectivity index (χ0) is 14.4. The number of para-hydroxylation sites is 1. The Morgan fingerprint density at radius 3 is 2.71 bits per heavy atom. The van der Waals surface area contributed by atoms with Gasteiger partial charge in [-0.25, -0.2) is 0 Å². The molecule has 0 aliphatic carbocycles. The quantitative estimate of drug-likeness (QED) is 0.612. The molecule has 4 rings (SSSR count). The summed E-state index contributed by atoms with van der Waals surface area (Å²) in [4.78, 5) is 0. The Kier molecular flexibility index (Phi) is 2.86. The van der Waals surface area contributed by atoms with Gasteiger partial charge in [-0.3, -0.25) is 0 Å². The smallest absolute Gasteiger partial charge is 0.103 e. The zero-order valence-electron chi connectivity index (χ0n) is 12.3. The first kappa shape index (κ1) is 12.7. The van der Waals surface area contributed by atoms with Gasteiger partial charge in [0.15, 0.2) is 0 Å². The number of fused-ring (bicyclic) bond motifs is 3. The van der Waals surface area contributed by atoms with Gasteiger partial charge in [-0.05, 0) is 42.7 Å². The highest BCUT2D eigenvalue weighted by Crippen LogP contribution is 2.36. The van der Waals surface area contributed by atoms with E-state index in [0.29, 0.717) is 0 Å². The van der Waals surface area contributed by atoms with Crippen LogP contribution in [0.2, 0.25) is 0 Å². The minimum absolute atomic E-state index is 0.0677. The molecule has 2 aromatic carbocycles. The van der Waals surface area contributed by atoms with Gasteiger partial charge < -0.3 is 9.30 Å². The van der Waals surface area contributed by atoms with E-state index in [4.69, 9.17) is 4.74 Å². The lowest BCUT2D eigenvalue weighted by Gasteiger charge is -2.12.